The van der Waals surface area contributed by atoms with Gasteiger partial charge in [-0.25, -0.2) is 4.79 Å². The van der Waals surface area contributed by atoms with E-state index < -0.39 is 0 Å². The van der Waals surface area contributed by atoms with Gasteiger partial charge in [-0.3, -0.25) is 19.5 Å². The molecule has 1 aromatic rings. The number of likely N-dealkylation sites (tertiary alicyclic amines) is 1. The summed E-state index contributed by atoms with van der Waals surface area (Å²) in [6.45, 7) is 5.96. The van der Waals surface area contributed by atoms with Gasteiger partial charge in [0.05, 0.1) is 13.1 Å². The van der Waals surface area contributed by atoms with Crippen molar-refractivity contribution in [2.24, 2.45) is 7.05 Å². The molecule has 0 saturated carbocycles. The number of nitrogens with one attached hydrogen (secondary N) is 1. The second kappa shape index (κ2) is 6.86. The SMILES string of the molecule is Cc1nnc(CN(C)C2CCN(CCN3C(=O)CNC3=O)C2)n1C. The van der Waals surface area contributed by atoms with E-state index in [0.717, 1.165) is 44.2 Å². The van der Waals surface area contributed by atoms with E-state index in [2.05, 4.69) is 32.4 Å². The first-order valence-corrected chi connectivity index (χ1v) is 8.31. The minimum Gasteiger partial charge on any atom is -0.329 e. The van der Waals surface area contributed by atoms with Gasteiger partial charge in [0.25, 0.3) is 0 Å². The molecule has 9 nitrogen and oxygen atoms in total. The fourth-order valence-corrected chi connectivity index (χ4v) is 3.24. The van der Waals surface area contributed by atoms with E-state index in [-0.39, 0.29) is 18.5 Å². The van der Waals surface area contributed by atoms with Crippen molar-refractivity contribution >= 4 is 11.9 Å². The maximum Gasteiger partial charge on any atom is 0.324 e. The lowest BCUT2D eigenvalue weighted by atomic mass is 10.2. The van der Waals surface area contributed by atoms with Crippen LogP contribution >= 0.6 is 0 Å². The van der Waals surface area contributed by atoms with Crippen molar-refractivity contribution in [3.8, 4) is 0 Å². The van der Waals surface area contributed by atoms with Crippen LogP contribution in [0.5, 0.6) is 0 Å². The minimum atomic E-state index is -0.273. The molecule has 3 rings (SSSR count). The largest absolute Gasteiger partial charge is 0.329 e. The molecule has 3 amide bonds. The monoisotopic (exact) mass is 335 g/mol. The molecule has 2 aliphatic heterocycles. The van der Waals surface area contributed by atoms with E-state index in [4.69, 9.17) is 0 Å². The summed E-state index contributed by atoms with van der Waals surface area (Å²) in [4.78, 5) is 29.1. The number of imide groups is 1. The Balaban J connectivity index is 1.47. The van der Waals surface area contributed by atoms with Crippen LogP contribution in [0.15, 0.2) is 0 Å². The molecule has 9 heteroatoms. The second-order valence-electron chi connectivity index (χ2n) is 6.58. The van der Waals surface area contributed by atoms with Gasteiger partial charge >= 0.3 is 6.03 Å². The zero-order chi connectivity index (χ0) is 17.3. The minimum absolute atomic E-state index is 0.126. The summed E-state index contributed by atoms with van der Waals surface area (Å²) in [5.74, 6) is 1.75. The number of hydrogen-bond acceptors (Lipinski definition) is 6. The molecule has 1 atom stereocenters. The van der Waals surface area contributed by atoms with Crippen molar-refractivity contribution in [2.75, 3.05) is 39.8 Å². The van der Waals surface area contributed by atoms with E-state index in [1.165, 1.54) is 4.90 Å². The van der Waals surface area contributed by atoms with Crippen molar-refractivity contribution in [1.82, 2.24) is 34.8 Å². The molecule has 0 spiro atoms. The van der Waals surface area contributed by atoms with E-state index >= 15 is 0 Å². The van der Waals surface area contributed by atoms with Gasteiger partial charge in [-0.2, -0.15) is 0 Å². The van der Waals surface area contributed by atoms with Crippen LogP contribution in [-0.2, 0) is 18.4 Å². The second-order valence-corrected chi connectivity index (χ2v) is 6.58. The fourth-order valence-electron chi connectivity index (χ4n) is 3.24. The molecular formula is C15H25N7O2. The average molecular weight is 335 g/mol. The van der Waals surface area contributed by atoms with Crippen LogP contribution < -0.4 is 5.32 Å². The molecule has 3 heterocycles. The van der Waals surface area contributed by atoms with Crippen molar-refractivity contribution in [1.29, 1.82) is 0 Å². The van der Waals surface area contributed by atoms with Crippen molar-refractivity contribution in [2.45, 2.75) is 25.9 Å². The molecule has 0 radical (unpaired) electrons. The van der Waals surface area contributed by atoms with Crippen molar-refractivity contribution in [3.05, 3.63) is 11.6 Å². The first kappa shape index (κ1) is 16.8. The Morgan fingerprint density at radius 2 is 2.08 bits per heavy atom. The Morgan fingerprint density at radius 3 is 2.71 bits per heavy atom. The van der Waals surface area contributed by atoms with E-state index in [1.54, 1.807) is 0 Å². The van der Waals surface area contributed by atoms with Crippen molar-refractivity contribution < 1.29 is 9.59 Å². The van der Waals surface area contributed by atoms with E-state index in [0.29, 0.717) is 12.6 Å². The average Bonchev–Trinajstić information content (AvgIpc) is 3.23. The number of rotatable bonds is 6. The van der Waals surface area contributed by atoms with Crippen LogP contribution in [0.25, 0.3) is 0 Å². The molecule has 2 saturated heterocycles. The lowest BCUT2D eigenvalue weighted by molar-refractivity contribution is -0.125. The quantitative estimate of drug-likeness (QED) is 0.684. The summed E-state index contributed by atoms with van der Waals surface area (Å²) < 4.78 is 2.01. The summed E-state index contributed by atoms with van der Waals surface area (Å²) in [5, 5.41) is 10.9. The molecule has 132 valence electrons. The van der Waals surface area contributed by atoms with E-state index in [9.17, 15) is 9.59 Å². The predicted molar refractivity (Wildman–Crippen MR) is 87.2 cm³/mol. The molecule has 1 unspecified atom stereocenters. The fraction of sp³-hybridized carbons (Fsp3) is 0.733. The molecule has 0 aromatic carbocycles. The van der Waals surface area contributed by atoms with Gasteiger partial charge in [-0.05, 0) is 26.9 Å². The molecule has 1 aromatic heterocycles. The van der Waals surface area contributed by atoms with Crippen LogP contribution in [0.4, 0.5) is 4.79 Å². The third-order valence-corrected chi connectivity index (χ3v) is 5.02. The third-order valence-electron chi connectivity index (χ3n) is 5.02. The van der Waals surface area contributed by atoms with Gasteiger partial charge in [0.15, 0.2) is 0 Å². The molecule has 1 N–H and O–H groups in total. The summed E-state index contributed by atoms with van der Waals surface area (Å²) >= 11 is 0. The van der Waals surface area contributed by atoms with Gasteiger partial charge in [0.1, 0.15) is 11.6 Å². The van der Waals surface area contributed by atoms with Gasteiger partial charge in [-0.1, -0.05) is 0 Å². The van der Waals surface area contributed by atoms with Gasteiger partial charge in [0, 0.05) is 32.7 Å². The maximum atomic E-state index is 11.6. The van der Waals surface area contributed by atoms with Gasteiger partial charge in [0.2, 0.25) is 5.91 Å². The molecule has 24 heavy (non-hydrogen) atoms. The predicted octanol–water partition coefficient (Wildman–Crippen LogP) is -0.819. The summed E-state index contributed by atoms with van der Waals surface area (Å²) in [6.07, 6.45) is 1.08. The first-order chi connectivity index (χ1) is 11.5. The Morgan fingerprint density at radius 1 is 1.29 bits per heavy atom. The normalized spacial score (nSPS) is 22.0. The lowest BCUT2D eigenvalue weighted by Crippen LogP contribution is -2.40. The Kier molecular flexibility index (Phi) is 4.81. The highest BCUT2D eigenvalue weighted by molar-refractivity contribution is 6.01. The smallest absolute Gasteiger partial charge is 0.324 e. The van der Waals surface area contributed by atoms with Gasteiger partial charge < -0.3 is 9.88 Å². The number of carbonyl (C=O) groups excluding carboxylic acids is 2. The summed E-state index contributed by atoms with van der Waals surface area (Å²) in [6, 6.07) is 0.177. The Bertz CT molecular complexity index is 613. The van der Waals surface area contributed by atoms with Crippen molar-refractivity contribution in [3.63, 3.8) is 0 Å². The van der Waals surface area contributed by atoms with Crippen LogP contribution in [0.1, 0.15) is 18.1 Å². The number of carbonyl (C=O) groups is 2. The zero-order valence-corrected chi connectivity index (χ0v) is 14.5. The number of likely N-dealkylation sites (N-methyl/N-ethyl adjacent to an activating group) is 1. The molecule has 2 aliphatic rings. The number of amides is 3. The number of hydrogen-bond donors (Lipinski definition) is 1. The van der Waals surface area contributed by atoms with E-state index in [1.807, 2.05) is 18.5 Å². The number of urea groups is 1. The van der Waals surface area contributed by atoms with Crippen LogP contribution in [0, 0.1) is 6.92 Å². The van der Waals surface area contributed by atoms with Crippen LogP contribution in [0.2, 0.25) is 0 Å². The van der Waals surface area contributed by atoms with Crippen LogP contribution in [-0.4, -0.2) is 87.2 Å². The summed E-state index contributed by atoms with van der Waals surface area (Å²) in [5.41, 5.74) is 0. The highest BCUT2D eigenvalue weighted by Gasteiger charge is 2.31. The number of aromatic nitrogens is 3. The maximum absolute atomic E-state index is 11.6. The standard InChI is InChI=1S/C15H25N7O2/c1-11-17-18-13(20(11)3)10-19(2)12-4-5-21(9-12)6-7-22-14(23)8-16-15(22)24/h12H,4-10H2,1-3H3,(H,16,24). The molecule has 0 aliphatic carbocycles. The van der Waals surface area contributed by atoms with Crippen LogP contribution in [0.3, 0.4) is 0 Å². The molecular weight excluding hydrogens is 310 g/mol. The topological polar surface area (TPSA) is 86.6 Å². The zero-order valence-electron chi connectivity index (χ0n) is 14.5. The molecule has 0 bridgehead atoms. The lowest BCUT2D eigenvalue weighted by Gasteiger charge is -2.24. The highest BCUT2D eigenvalue weighted by atomic mass is 16.2. The highest BCUT2D eigenvalue weighted by Crippen LogP contribution is 2.16. The van der Waals surface area contributed by atoms with Gasteiger partial charge in [-0.15, -0.1) is 10.2 Å². The molecule has 2 fully saturated rings. The Hall–Kier alpha value is -2.00. The number of nitrogens with zero attached hydrogens (tertiary/aromatic N) is 6. The summed E-state index contributed by atoms with van der Waals surface area (Å²) in [7, 11) is 4.09. The first-order valence-electron chi connectivity index (χ1n) is 8.31. The number of aryl methyl sites for hydroxylation is 1. The third kappa shape index (κ3) is 3.41. The Labute approximate surface area is 141 Å².